The van der Waals surface area contributed by atoms with E-state index < -0.39 is 18.0 Å². The zero-order valence-electron chi connectivity index (χ0n) is 10.8. The predicted molar refractivity (Wildman–Crippen MR) is 68.2 cm³/mol. The number of phenols is 1. The number of hydrogen-bond donors (Lipinski definition) is 3. The average molecular weight is 267 g/mol. The van der Waals surface area contributed by atoms with Crippen LogP contribution in [0.1, 0.15) is 22.3 Å². The normalized spacial score (nSPS) is 11.9. The van der Waals surface area contributed by atoms with Crippen molar-refractivity contribution in [2.24, 2.45) is 0 Å². The lowest BCUT2D eigenvalue weighted by molar-refractivity contribution is -0.139. The molecule has 1 rings (SSSR count). The summed E-state index contributed by atoms with van der Waals surface area (Å²) in [7, 11) is 1.38. The fraction of sp³-hybridized carbons (Fsp3) is 0.385. The molecule has 0 saturated heterocycles. The van der Waals surface area contributed by atoms with Gasteiger partial charge in [-0.1, -0.05) is 6.07 Å². The van der Waals surface area contributed by atoms with E-state index in [1.165, 1.54) is 19.2 Å². The molecule has 1 unspecified atom stereocenters. The van der Waals surface area contributed by atoms with Crippen molar-refractivity contribution in [1.82, 2.24) is 5.32 Å². The SMILES string of the molecule is COC(CNC(=O)c1ccc(C)cc1O)CC(=O)O. The van der Waals surface area contributed by atoms with E-state index in [-0.39, 0.29) is 24.3 Å². The second kappa shape index (κ2) is 6.75. The van der Waals surface area contributed by atoms with Gasteiger partial charge < -0.3 is 20.3 Å². The second-order valence-corrected chi connectivity index (χ2v) is 4.19. The van der Waals surface area contributed by atoms with Crippen molar-refractivity contribution in [2.45, 2.75) is 19.4 Å². The van der Waals surface area contributed by atoms with Crippen LogP contribution in [0.15, 0.2) is 18.2 Å². The molecule has 0 saturated carbocycles. The summed E-state index contributed by atoms with van der Waals surface area (Å²) in [5, 5.41) is 20.8. The molecule has 0 heterocycles. The number of benzene rings is 1. The van der Waals surface area contributed by atoms with Crippen LogP contribution in [0.25, 0.3) is 0 Å². The van der Waals surface area contributed by atoms with Crippen molar-refractivity contribution < 1.29 is 24.5 Å². The molecule has 0 aromatic heterocycles. The molecule has 1 aromatic carbocycles. The highest BCUT2D eigenvalue weighted by molar-refractivity contribution is 5.96. The molecule has 0 aliphatic rings. The number of aryl methyl sites for hydroxylation is 1. The van der Waals surface area contributed by atoms with E-state index in [4.69, 9.17) is 9.84 Å². The van der Waals surface area contributed by atoms with Gasteiger partial charge in [0, 0.05) is 13.7 Å². The summed E-state index contributed by atoms with van der Waals surface area (Å²) in [6, 6.07) is 4.71. The van der Waals surface area contributed by atoms with Crippen LogP contribution >= 0.6 is 0 Å². The van der Waals surface area contributed by atoms with Crippen LogP contribution in [0.5, 0.6) is 5.75 Å². The minimum Gasteiger partial charge on any atom is -0.507 e. The van der Waals surface area contributed by atoms with Gasteiger partial charge in [-0.05, 0) is 24.6 Å². The smallest absolute Gasteiger partial charge is 0.306 e. The third kappa shape index (κ3) is 4.59. The van der Waals surface area contributed by atoms with Crippen LogP contribution in [0.4, 0.5) is 0 Å². The lowest BCUT2D eigenvalue weighted by Crippen LogP contribution is -2.34. The Morgan fingerprint density at radius 2 is 2.11 bits per heavy atom. The standard InChI is InChI=1S/C13H17NO5/c1-8-3-4-10(11(15)5-8)13(18)14-7-9(19-2)6-12(16)17/h3-5,9,15H,6-7H2,1-2H3,(H,14,18)(H,16,17). The van der Waals surface area contributed by atoms with Crippen LogP contribution in [0, 0.1) is 6.92 Å². The highest BCUT2D eigenvalue weighted by atomic mass is 16.5. The topological polar surface area (TPSA) is 95.9 Å². The van der Waals surface area contributed by atoms with E-state index in [0.717, 1.165) is 5.56 Å². The van der Waals surface area contributed by atoms with Gasteiger partial charge in [-0.2, -0.15) is 0 Å². The van der Waals surface area contributed by atoms with E-state index >= 15 is 0 Å². The minimum absolute atomic E-state index is 0.0644. The number of carbonyl (C=O) groups is 2. The van der Waals surface area contributed by atoms with Crippen molar-refractivity contribution in [3.8, 4) is 5.75 Å². The first-order valence-electron chi connectivity index (χ1n) is 5.76. The number of aliphatic carboxylic acids is 1. The molecule has 1 atom stereocenters. The van der Waals surface area contributed by atoms with Crippen molar-refractivity contribution >= 4 is 11.9 Å². The van der Waals surface area contributed by atoms with E-state index in [2.05, 4.69) is 5.32 Å². The van der Waals surface area contributed by atoms with Gasteiger partial charge in [-0.15, -0.1) is 0 Å². The first kappa shape index (κ1) is 15.0. The van der Waals surface area contributed by atoms with E-state index in [0.29, 0.717) is 0 Å². The summed E-state index contributed by atoms with van der Waals surface area (Å²) in [6.45, 7) is 1.87. The number of methoxy groups -OCH3 is 1. The number of aromatic hydroxyl groups is 1. The van der Waals surface area contributed by atoms with Crippen LogP contribution < -0.4 is 5.32 Å². The molecule has 0 radical (unpaired) electrons. The molecule has 0 bridgehead atoms. The molecular formula is C13H17NO5. The lowest BCUT2D eigenvalue weighted by Gasteiger charge is -2.14. The molecule has 19 heavy (non-hydrogen) atoms. The van der Waals surface area contributed by atoms with Gasteiger partial charge in [-0.25, -0.2) is 0 Å². The summed E-state index contributed by atoms with van der Waals surface area (Å²) in [5.74, 6) is -1.58. The maximum Gasteiger partial charge on any atom is 0.306 e. The zero-order valence-corrected chi connectivity index (χ0v) is 10.8. The zero-order chi connectivity index (χ0) is 14.4. The maximum absolute atomic E-state index is 11.8. The highest BCUT2D eigenvalue weighted by Gasteiger charge is 2.16. The van der Waals surface area contributed by atoms with Crippen LogP contribution in [-0.2, 0) is 9.53 Å². The molecule has 1 amide bonds. The van der Waals surface area contributed by atoms with Gasteiger partial charge in [-0.3, -0.25) is 9.59 Å². The molecule has 0 fully saturated rings. The molecular weight excluding hydrogens is 250 g/mol. The third-order valence-electron chi connectivity index (χ3n) is 2.62. The van der Waals surface area contributed by atoms with Gasteiger partial charge in [0.05, 0.1) is 18.1 Å². The largest absolute Gasteiger partial charge is 0.507 e. The minimum atomic E-state index is -1.00. The number of rotatable bonds is 6. The molecule has 3 N–H and O–H groups in total. The number of carboxylic acids is 1. The third-order valence-corrected chi connectivity index (χ3v) is 2.62. The fourth-order valence-electron chi connectivity index (χ4n) is 1.57. The van der Waals surface area contributed by atoms with Crippen LogP contribution in [0.3, 0.4) is 0 Å². The number of ether oxygens (including phenoxy) is 1. The first-order valence-corrected chi connectivity index (χ1v) is 5.76. The molecule has 0 spiro atoms. The Bertz CT molecular complexity index is 472. The van der Waals surface area contributed by atoms with Gasteiger partial charge in [0.2, 0.25) is 0 Å². The van der Waals surface area contributed by atoms with Crippen molar-refractivity contribution in [3.05, 3.63) is 29.3 Å². The highest BCUT2D eigenvalue weighted by Crippen LogP contribution is 2.18. The summed E-state index contributed by atoms with van der Waals surface area (Å²) in [6.07, 6.45) is -0.800. The van der Waals surface area contributed by atoms with Gasteiger partial charge in [0.1, 0.15) is 5.75 Å². The summed E-state index contributed by atoms with van der Waals surface area (Å²) >= 11 is 0. The van der Waals surface area contributed by atoms with E-state index in [9.17, 15) is 14.7 Å². The Hall–Kier alpha value is -2.08. The average Bonchev–Trinajstić information content (AvgIpc) is 2.33. The quantitative estimate of drug-likeness (QED) is 0.712. The van der Waals surface area contributed by atoms with E-state index in [1.54, 1.807) is 13.0 Å². The Labute approximate surface area is 111 Å². The van der Waals surface area contributed by atoms with Crippen molar-refractivity contribution in [3.63, 3.8) is 0 Å². The van der Waals surface area contributed by atoms with Gasteiger partial charge in [0.25, 0.3) is 5.91 Å². The lowest BCUT2D eigenvalue weighted by atomic mass is 10.1. The Morgan fingerprint density at radius 3 is 2.63 bits per heavy atom. The van der Waals surface area contributed by atoms with E-state index in [1.807, 2.05) is 0 Å². The van der Waals surface area contributed by atoms with Crippen LogP contribution in [-0.4, -0.2) is 41.8 Å². The molecule has 6 heteroatoms. The Balaban J connectivity index is 2.61. The summed E-state index contributed by atoms with van der Waals surface area (Å²) in [5.41, 5.74) is 0.991. The fourth-order valence-corrected chi connectivity index (χ4v) is 1.57. The summed E-state index contributed by atoms with van der Waals surface area (Å²) < 4.78 is 4.94. The van der Waals surface area contributed by atoms with Gasteiger partial charge >= 0.3 is 5.97 Å². The molecule has 104 valence electrons. The Kier molecular flexibility index (Phi) is 5.32. The number of amides is 1. The van der Waals surface area contributed by atoms with Crippen LogP contribution in [0.2, 0.25) is 0 Å². The number of carboxylic acid groups (broad SMARTS) is 1. The molecule has 6 nitrogen and oxygen atoms in total. The number of hydrogen-bond acceptors (Lipinski definition) is 4. The number of phenolic OH excluding ortho intramolecular Hbond substituents is 1. The monoisotopic (exact) mass is 267 g/mol. The van der Waals surface area contributed by atoms with Gasteiger partial charge in [0.15, 0.2) is 0 Å². The number of carbonyl (C=O) groups excluding carboxylic acids is 1. The van der Waals surface area contributed by atoms with Crippen molar-refractivity contribution in [2.75, 3.05) is 13.7 Å². The molecule has 0 aliphatic heterocycles. The molecule has 1 aromatic rings. The maximum atomic E-state index is 11.8. The first-order chi connectivity index (χ1) is 8.93. The second-order valence-electron chi connectivity index (χ2n) is 4.19. The predicted octanol–water partition coefficient (Wildman–Crippen LogP) is 0.920. The van der Waals surface area contributed by atoms with Crippen molar-refractivity contribution in [1.29, 1.82) is 0 Å². The number of nitrogens with one attached hydrogen (secondary N) is 1. The Morgan fingerprint density at radius 1 is 1.42 bits per heavy atom. The summed E-state index contributed by atoms with van der Waals surface area (Å²) in [4.78, 5) is 22.4. The molecule has 0 aliphatic carbocycles.